The predicted molar refractivity (Wildman–Crippen MR) is 57.6 cm³/mol. The van der Waals surface area contributed by atoms with Gasteiger partial charge in [0.2, 0.25) is 0 Å². The minimum atomic E-state index is -0.135. The number of carbonyl (C=O) groups excluding carboxylic acids is 1. The van der Waals surface area contributed by atoms with Crippen molar-refractivity contribution in [2.75, 3.05) is 6.54 Å². The second-order valence-electron chi connectivity index (χ2n) is 3.80. The third kappa shape index (κ3) is 2.60. The van der Waals surface area contributed by atoms with Crippen LogP contribution in [-0.4, -0.2) is 28.6 Å². The van der Waals surface area contributed by atoms with Crippen LogP contribution in [0.5, 0.6) is 0 Å². The molecule has 0 atom stereocenters. The fourth-order valence-electron chi connectivity index (χ4n) is 1.42. The molecule has 0 fully saturated rings. The van der Waals surface area contributed by atoms with Crippen LogP contribution in [0.3, 0.4) is 0 Å². The Bertz CT molecular complexity index is 404. The number of aromatic nitrogens is 1. The largest absolute Gasteiger partial charge is 0.361 e. The highest BCUT2D eigenvalue weighted by atomic mass is 16.5. The van der Waals surface area contributed by atoms with E-state index in [1.165, 1.54) is 6.20 Å². The maximum absolute atomic E-state index is 12.1. The van der Waals surface area contributed by atoms with Crippen LogP contribution < -0.4 is 0 Å². The zero-order valence-corrected chi connectivity index (χ0v) is 9.73. The first-order valence-electron chi connectivity index (χ1n) is 5.17. The van der Waals surface area contributed by atoms with E-state index in [1.807, 2.05) is 19.9 Å². The predicted octanol–water partition coefficient (Wildman–Crippen LogP) is 1.75. The zero-order chi connectivity index (χ0) is 12.1. The molecule has 1 amide bonds. The minimum absolute atomic E-state index is 0.0511. The van der Waals surface area contributed by atoms with Crippen molar-refractivity contribution in [2.24, 2.45) is 0 Å². The molecule has 1 heterocycles. The zero-order valence-electron chi connectivity index (χ0n) is 9.73. The standard InChI is InChI=1S/C11H15N3O2/c1-8(2)14(6-4-5-12)11(15)10-7-13-16-9(10)3/h7-8H,4,6H2,1-3H3. The van der Waals surface area contributed by atoms with Crippen molar-refractivity contribution in [3.8, 4) is 6.07 Å². The summed E-state index contributed by atoms with van der Waals surface area (Å²) in [6.07, 6.45) is 1.74. The van der Waals surface area contributed by atoms with E-state index < -0.39 is 0 Å². The summed E-state index contributed by atoms with van der Waals surface area (Å²) < 4.78 is 4.86. The number of amides is 1. The highest BCUT2D eigenvalue weighted by Gasteiger charge is 2.21. The molecule has 0 unspecified atom stereocenters. The molecular weight excluding hydrogens is 206 g/mol. The molecule has 1 aromatic heterocycles. The van der Waals surface area contributed by atoms with Crippen LogP contribution in [0.15, 0.2) is 10.7 Å². The van der Waals surface area contributed by atoms with Crippen molar-refractivity contribution in [3.63, 3.8) is 0 Å². The van der Waals surface area contributed by atoms with Crippen LogP contribution >= 0.6 is 0 Å². The van der Waals surface area contributed by atoms with Gasteiger partial charge < -0.3 is 9.42 Å². The normalized spacial score (nSPS) is 10.2. The van der Waals surface area contributed by atoms with Crippen LogP contribution in [-0.2, 0) is 0 Å². The number of nitrogens with zero attached hydrogens (tertiary/aromatic N) is 3. The van der Waals surface area contributed by atoms with Gasteiger partial charge in [0.05, 0.1) is 18.7 Å². The van der Waals surface area contributed by atoms with Gasteiger partial charge in [-0.1, -0.05) is 5.16 Å². The van der Waals surface area contributed by atoms with Gasteiger partial charge in [-0.15, -0.1) is 0 Å². The van der Waals surface area contributed by atoms with E-state index in [2.05, 4.69) is 5.16 Å². The molecule has 1 rings (SSSR count). The van der Waals surface area contributed by atoms with E-state index in [4.69, 9.17) is 9.78 Å². The highest BCUT2D eigenvalue weighted by Crippen LogP contribution is 2.12. The lowest BCUT2D eigenvalue weighted by Gasteiger charge is -2.25. The number of hydrogen-bond acceptors (Lipinski definition) is 4. The van der Waals surface area contributed by atoms with E-state index >= 15 is 0 Å². The first-order valence-corrected chi connectivity index (χ1v) is 5.17. The fraction of sp³-hybridized carbons (Fsp3) is 0.545. The molecule has 0 aliphatic carbocycles. The van der Waals surface area contributed by atoms with Crippen LogP contribution in [0.1, 0.15) is 36.4 Å². The number of rotatable bonds is 4. The lowest BCUT2D eigenvalue weighted by Crippen LogP contribution is -2.37. The van der Waals surface area contributed by atoms with Crippen LogP contribution in [0.4, 0.5) is 0 Å². The molecule has 0 aromatic carbocycles. The van der Waals surface area contributed by atoms with Gasteiger partial charge in [0, 0.05) is 12.6 Å². The topological polar surface area (TPSA) is 70.1 Å². The highest BCUT2D eigenvalue weighted by molar-refractivity contribution is 5.94. The van der Waals surface area contributed by atoms with Gasteiger partial charge in [-0.05, 0) is 20.8 Å². The van der Waals surface area contributed by atoms with E-state index in [0.29, 0.717) is 24.3 Å². The smallest absolute Gasteiger partial charge is 0.259 e. The van der Waals surface area contributed by atoms with E-state index in [0.717, 1.165) is 0 Å². The molecule has 0 N–H and O–H groups in total. The summed E-state index contributed by atoms with van der Waals surface area (Å²) in [5.41, 5.74) is 0.464. The van der Waals surface area contributed by atoms with Crippen molar-refractivity contribution in [1.29, 1.82) is 5.26 Å². The Hall–Kier alpha value is -1.83. The minimum Gasteiger partial charge on any atom is -0.361 e. The molecule has 5 nitrogen and oxygen atoms in total. The lowest BCUT2D eigenvalue weighted by molar-refractivity contribution is 0.0708. The monoisotopic (exact) mass is 221 g/mol. The van der Waals surface area contributed by atoms with Gasteiger partial charge in [-0.2, -0.15) is 5.26 Å². The molecule has 5 heteroatoms. The van der Waals surface area contributed by atoms with Crippen molar-refractivity contribution in [3.05, 3.63) is 17.5 Å². The molecule has 86 valence electrons. The summed E-state index contributed by atoms with van der Waals surface area (Å²) in [5.74, 6) is 0.372. The average Bonchev–Trinajstić information content (AvgIpc) is 2.64. The molecular formula is C11H15N3O2. The first-order chi connectivity index (χ1) is 7.57. The molecule has 0 spiro atoms. The molecule has 0 bridgehead atoms. The summed E-state index contributed by atoms with van der Waals surface area (Å²) in [6, 6.07) is 2.09. The second kappa shape index (κ2) is 5.31. The first kappa shape index (κ1) is 12.2. The SMILES string of the molecule is Cc1oncc1C(=O)N(CCC#N)C(C)C. The molecule has 0 saturated carbocycles. The molecule has 16 heavy (non-hydrogen) atoms. The van der Waals surface area contributed by atoms with Crippen molar-refractivity contribution in [2.45, 2.75) is 33.2 Å². The van der Waals surface area contributed by atoms with Gasteiger partial charge in [0.15, 0.2) is 0 Å². The third-order valence-corrected chi connectivity index (χ3v) is 2.33. The second-order valence-corrected chi connectivity index (χ2v) is 3.80. The molecule has 1 aromatic rings. The van der Waals surface area contributed by atoms with Crippen LogP contribution in [0.25, 0.3) is 0 Å². The molecule has 0 radical (unpaired) electrons. The summed E-state index contributed by atoms with van der Waals surface area (Å²) >= 11 is 0. The van der Waals surface area contributed by atoms with E-state index in [1.54, 1.807) is 11.8 Å². The Labute approximate surface area is 94.6 Å². The Morgan fingerprint density at radius 1 is 1.69 bits per heavy atom. The van der Waals surface area contributed by atoms with Crippen LogP contribution in [0, 0.1) is 18.3 Å². The average molecular weight is 221 g/mol. The van der Waals surface area contributed by atoms with E-state index in [9.17, 15) is 4.79 Å². The summed E-state index contributed by atoms with van der Waals surface area (Å²) in [4.78, 5) is 13.7. The number of nitriles is 1. The quantitative estimate of drug-likeness (QED) is 0.776. The maximum atomic E-state index is 12.1. The number of hydrogen-bond donors (Lipinski definition) is 0. The molecule has 0 saturated heterocycles. The Morgan fingerprint density at radius 2 is 2.38 bits per heavy atom. The summed E-state index contributed by atoms with van der Waals surface area (Å²) in [7, 11) is 0. The fourth-order valence-corrected chi connectivity index (χ4v) is 1.42. The Balaban J connectivity index is 2.84. The van der Waals surface area contributed by atoms with Crippen molar-refractivity contribution < 1.29 is 9.32 Å². The summed E-state index contributed by atoms with van der Waals surface area (Å²) in [5, 5.41) is 12.1. The van der Waals surface area contributed by atoms with Crippen molar-refractivity contribution in [1.82, 2.24) is 10.1 Å². The number of aryl methyl sites for hydroxylation is 1. The Kier molecular flexibility index (Phi) is 4.06. The molecule has 0 aliphatic rings. The Morgan fingerprint density at radius 3 is 2.81 bits per heavy atom. The van der Waals surface area contributed by atoms with Gasteiger partial charge in [0.25, 0.3) is 5.91 Å². The lowest BCUT2D eigenvalue weighted by atomic mass is 10.2. The van der Waals surface area contributed by atoms with E-state index in [-0.39, 0.29) is 11.9 Å². The van der Waals surface area contributed by atoms with Crippen molar-refractivity contribution >= 4 is 5.91 Å². The summed E-state index contributed by atoms with van der Waals surface area (Å²) in [6.45, 7) is 5.96. The van der Waals surface area contributed by atoms with Crippen LogP contribution in [0.2, 0.25) is 0 Å². The van der Waals surface area contributed by atoms with Gasteiger partial charge in [-0.25, -0.2) is 0 Å². The maximum Gasteiger partial charge on any atom is 0.259 e. The van der Waals surface area contributed by atoms with Gasteiger partial charge >= 0.3 is 0 Å². The van der Waals surface area contributed by atoms with Gasteiger partial charge in [0.1, 0.15) is 11.3 Å². The van der Waals surface area contributed by atoms with Gasteiger partial charge in [-0.3, -0.25) is 4.79 Å². The third-order valence-electron chi connectivity index (χ3n) is 2.33. The molecule has 0 aliphatic heterocycles. The number of carbonyl (C=O) groups is 1.